The fourth-order valence-electron chi connectivity index (χ4n) is 4.98. The summed E-state index contributed by atoms with van der Waals surface area (Å²) in [5.74, 6) is 0.805. The first-order valence-corrected chi connectivity index (χ1v) is 12.9. The van der Waals surface area contributed by atoms with E-state index in [0.717, 1.165) is 48.4 Å². The van der Waals surface area contributed by atoms with E-state index in [1.165, 1.54) is 5.56 Å². The van der Waals surface area contributed by atoms with Crippen LogP contribution in [0.4, 0.5) is 4.79 Å². The first-order valence-electron chi connectivity index (χ1n) is 11.9. The molecule has 2 aliphatic heterocycles. The van der Waals surface area contributed by atoms with Gasteiger partial charge in [0.05, 0.1) is 18.7 Å². The summed E-state index contributed by atoms with van der Waals surface area (Å²) in [7, 11) is 0. The number of nitrogens with zero attached hydrogens (tertiary/aromatic N) is 1. The predicted octanol–water partition coefficient (Wildman–Crippen LogP) is 4.09. The lowest BCUT2D eigenvalue weighted by molar-refractivity contribution is -0.718. The van der Waals surface area contributed by atoms with Crippen LogP contribution in [-0.2, 0) is 9.53 Å². The van der Waals surface area contributed by atoms with E-state index in [9.17, 15) is 9.59 Å². The molecule has 4 rings (SSSR count). The lowest BCUT2D eigenvalue weighted by atomic mass is 10.0. The Labute approximate surface area is 200 Å². The number of hydrogen-bond donors (Lipinski definition) is 2. The molecule has 2 amide bonds. The Morgan fingerprint density at radius 2 is 1.82 bits per heavy atom. The second kappa shape index (κ2) is 10.6. The first kappa shape index (κ1) is 23.6. The number of thioether (sulfide) groups is 1. The number of pyridine rings is 1. The fraction of sp³-hybridized carbons (Fsp3) is 0.500. The molecular formula is C26H34N3O3S+. The number of fused-ring (bicyclic) bond motifs is 1. The Morgan fingerprint density at radius 3 is 2.55 bits per heavy atom. The van der Waals surface area contributed by atoms with Crippen LogP contribution < -0.4 is 15.2 Å². The Hall–Kier alpha value is -2.54. The summed E-state index contributed by atoms with van der Waals surface area (Å²) in [6, 6.07) is 14.7. The number of carbonyl (C=O) groups is 2. The number of esters is 1. The van der Waals surface area contributed by atoms with Gasteiger partial charge in [-0.2, -0.15) is 16.3 Å². The Bertz CT molecular complexity index is 975. The molecule has 4 atom stereocenters. The molecule has 2 aromatic rings. The summed E-state index contributed by atoms with van der Waals surface area (Å²) in [5.41, 5.74) is 4.41. The van der Waals surface area contributed by atoms with Crippen LogP contribution in [0.1, 0.15) is 50.0 Å². The molecule has 6 nitrogen and oxygen atoms in total. The summed E-state index contributed by atoms with van der Waals surface area (Å²) in [4.78, 5) is 24.2. The largest absolute Gasteiger partial charge is 0.461 e. The number of aromatic nitrogens is 1. The maximum absolute atomic E-state index is 12.7. The lowest BCUT2D eigenvalue weighted by Crippen LogP contribution is -2.48. The van der Waals surface area contributed by atoms with E-state index in [2.05, 4.69) is 34.9 Å². The van der Waals surface area contributed by atoms with Gasteiger partial charge in [-0.15, -0.1) is 0 Å². The van der Waals surface area contributed by atoms with Gasteiger partial charge in [0.25, 0.3) is 6.04 Å². The summed E-state index contributed by atoms with van der Waals surface area (Å²) >= 11 is 1.94. The molecule has 2 aliphatic rings. The molecule has 1 aromatic heterocycles. The van der Waals surface area contributed by atoms with Crippen LogP contribution in [0.3, 0.4) is 0 Å². The van der Waals surface area contributed by atoms with E-state index in [-0.39, 0.29) is 30.1 Å². The van der Waals surface area contributed by atoms with Gasteiger partial charge in [0, 0.05) is 43.9 Å². The van der Waals surface area contributed by atoms with Gasteiger partial charge in [-0.3, -0.25) is 0 Å². The third kappa shape index (κ3) is 5.52. The van der Waals surface area contributed by atoms with Crippen molar-refractivity contribution in [3.05, 3.63) is 53.9 Å². The van der Waals surface area contributed by atoms with Crippen molar-refractivity contribution < 1.29 is 18.9 Å². The van der Waals surface area contributed by atoms with Crippen LogP contribution in [0, 0.1) is 13.8 Å². The number of urea groups is 1. The van der Waals surface area contributed by atoms with Crippen molar-refractivity contribution in [2.75, 3.05) is 12.4 Å². The molecule has 2 saturated heterocycles. The number of rotatable bonds is 9. The van der Waals surface area contributed by atoms with E-state index in [4.69, 9.17) is 4.74 Å². The molecule has 0 aliphatic carbocycles. The van der Waals surface area contributed by atoms with Crippen LogP contribution in [0.15, 0.2) is 42.5 Å². The van der Waals surface area contributed by atoms with Crippen LogP contribution >= 0.6 is 11.8 Å². The molecule has 0 bridgehead atoms. The summed E-state index contributed by atoms with van der Waals surface area (Å²) in [6.07, 6.45) is 4.05. The Morgan fingerprint density at radius 1 is 1.09 bits per heavy atom. The fourth-order valence-corrected chi connectivity index (χ4v) is 6.53. The Balaban J connectivity index is 1.22. The minimum Gasteiger partial charge on any atom is -0.461 e. The molecule has 0 radical (unpaired) electrons. The van der Waals surface area contributed by atoms with Gasteiger partial charge >= 0.3 is 12.0 Å². The standard InChI is InChI=1S/C26H33N3O3S/c1-17-14-21(20-10-6-4-7-11-20)15-18(2)29(17)19(3)25(30)32-13-9-5-8-12-23-24-22(16-33-23)27-26(31)28-24/h4,6-7,10-11,14-15,19,22-24H,5,8-9,12-13,16H2,1-3H3,(H-,27,28,31)/p+1/t19?,22-,23-,24-/m0/s1. The lowest BCUT2D eigenvalue weighted by Gasteiger charge is -2.16. The minimum absolute atomic E-state index is 0.0330. The van der Waals surface area contributed by atoms with Crippen molar-refractivity contribution in [3.8, 4) is 11.1 Å². The van der Waals surface area contributed by atoms with Gasteiger partial charge in [-0.1, -0.05) is 43.2 Å². The second-order valence-corrected chi connectivity index (χ2v) is 10.3. The average molecular weight is 469 g/mol. The SMILES string of the molecule is Cc1cc(-c2ccccc2)cc(C)[n+]1C(C)C(=O)OCCCCC[C@@H]1SC[C@@H]2NC(=O)N[C@@H]21. The molecule has 1 aromatic carbocycles. The molecule has 2 fully saturated rings. The average Bonchev–Trinajstić information content (AvgIpc) is 3.35. The number of aryl methyl sites for hydroxylation is 2. The quantitative estimate of drug-likeness (QED) is 0.252. The molecule has 2 N–H and O–H groups in total. The van der Waals surface area contributed by atoms with Gasteiger partial charge < -0.3 is 15.4 Å². The number of benzene rings is 1. The molecule has 33 heavy (non-hydrogen) atoms. The third-order valence-corrected chi connectivity index (χ3v) is 8.15. The van der Waals surface area contributed by atoms with E-state index >= 15 is 0 Å². The topological polar surface area (TPSA) is 71.3 Å². The smallest absolute Gasteiger partial charge is 0.375 e. The van der Waals surface area contributed by atoms with E-state index in [1.54, 1.807) is 0 Å². The molecule has 1 unspecified atom stereocenters. The number of unbranched alkanes of at least 4 members (excludes halogenated alkanes) is 2. The summed E-state index contributed by atoms with van der Waals surface area (Å²) < 4.78 is 7.65. The van der Waals surface area contributed by atoms with Crippen molar-refractivity contribution in [1.82, 2.24) is 10.6 Å². The van der Waals surface area contributed by atoms with Gasteiger partial charge in [-0.25, -0.2) is 9.59 Å². The minimum atomic E-state index is -0.361. The van der Waals surface area contributed by atoms with Crippen molar-refractivity contribution in [2.24, 2.45) is 0 Å². The molecular weight excluding hydrogens is 434 g/mol. The van der Waals surface area contributed by atoms with Crippen molar-refractivity contribution in [1.29, 1.82) is 0 Å². The number of hydrogen-bond acceptors (Lipinski definition) is 4. The molecule has 176 valence electrons. The number of nitrogens with one attached hydrogen (secondary N) is 2. The molecule has 3 heterocycles. The van der Waals surface area contributed by atoms with E-state index in [1.807, 2.05) is 55.3 Å². The zero-order valence-corrected chi connectivity index (χ0v) is 20.5. The molecule has 7 heteroatoms. The monoisotopic (exact) mass is 468 g/mol. The highest BCUT2D eigenvalue weighted by molar-refractivity contribution is 8.00. The van der Waals surface area contributed by atoms with Crippen molar-refractivity contribution in [2.45, 2.75) is 69.8 Å². The van der Waals surface area contributed by atoms with Crippen molar-refractivity contribution in [3.63, 3.8) is 0 Å². The summed E-state index contributed by atoms with van der Waals surface area (Å²) in [5, 5.41) is 6.51. The predicted molar refractivity (Wildman–Crippen MR) is 131 cm³/mol. The second-order valence-electron chi connectivity index (χ2n) is 9.08. The van der Waals surface area contributed by atoms with E-state index < -0.39 is 0 Å². The van der Waals surface area contributed by atoms with Crippen LogP contribution in [0.25, 0.3) is 11.1 Å². The highest BCUT2D eigenvalue weighted by Gasteiger charge is 2.42. The van der Waals surface area contributed by atoms with Crippen LogP contribution in [0.5, 0.6) is 0 Å². The zero-order valence-electron chi connectivity index (χ0n) is 19.7. The normalized spacial score (nSPS) is 22.4. The third-order valence-electron chi connectivity index (χ3n) is 6.64. The van der Waals surface area contributed by atoms with Gasteiger partial charge in [0.2, 0.25) is 0 Å². The number of ether oxygens (including phenoxy) is 1. The molecule has 0 saturated carbocycles. The number of amides is 2. The summed E-state index contributed by atoms with van der Waals surface area (Å²) in [6.45, 7) is 6.43. The highest BCUT2D eigenvalue weighted by Crippen LogP contribution is 2.33. The van der Waals surface area contributed by atoms with E-state index in [0.29, 0.717) is 11.9 Å². The Kier molecular flexibility index (Phi) is 7.58. The van der Waals surface area contributed by atoms with Gasteiger partial charge in [-0.05, 0) is 24.0 Å². The highest BCUT2D eigenvalue weighted by atomic mass is 32.2. The van der Waals surface area contributed by atoms with Gasteiger partial charge in [0.15, 0.2) is 11.4 Å². The molecule has 0 spiro atoms. The van der Waals surface area contributed by atoms with Crippen LogP contribution in [0.2, 0.25) is 0 Å². The van der Waals surface area contributed by atoms with Gasteiger partial charge in [0.1, 0.15) is 0 Å². The van der Waals surface area contributed by atoms with Crippen molar-refractivity contribution >= 4 is 23.8 Å². The number of carbonyl (C=O) groups excluding carboxylic acids is 2. The van der Waals surface area contributed by atoms with Crippen LogP contribution in [-0.4, -0.2) is 41.7 Å². The zero-order chi connectivity index (χ0) is 23.4. The first-order chi connectivity index (χ1) is 15.9. The maximum atomic E-state index is 12.7. The maximum Gasteiger partial charge on any atom is 0.375 e.